The van der Waals surface area contributed by atoms with Crippen LogP contribution in [0.2, 0.25) is 0 Å². The van der Waals surface area contributed by atoms with Crippen LogP contribution in [0.1, 0.15) is 0 Å². The molecule has 0 saturated carbocycles. The maximum Gasteiger partial charge on any atom is 0.0916 e. The summed E-state index contributed by atoms with van der Waals surface area (Å²) >= 11 is 0. The summed E-state index contributed by atoms with van der Waals surface area (Å²) in [6.45, 7) is 0.851. The van der Waals surface area contributed by atoms with Gasteiger partial charge in [0.15, 0.2) is 0 Å². The van der Waals surface area contributed by atoms with Gasteiger partial charge in [-0.3, -0.25) is 4.98 Å². The lowest BCUT2D eigenvalue weighted by Crippen LogP contribution is -2.19. The molecule has 11 heavy (non-hydrogen) atoms. The Hall–Kier alpha value is -1.51. The molecule has 0 fully saturated rings. The second kappa shape index (κ2) is 2.62. The smallest absolute Gasteiger partial charge is 0.0916 e. The van der Waals surface area contributed by atoms with Gasteiger partial charge in [-0.2, -0.15) is 0 Å². The monoisotopic (exact) mass is 147 g/mol. The molecular weight excluding hydrogens is 138 g/mol. The summed E-state index contributed by atoms with van der Waals surface area (Å²) in [5.41, 5.74) is 1.17. The molecule has 3 heteroatoms. The Morgan fingerprint density at radius 1 is 1.36 bits per heavy atom. The molecular formula is C8H9N3. The summed E-state index contributed by atoms with van der Waals surface area (Å²) in [7, 11) is 0. The van der Waals surface area contributed by atoms with Gasteiger partial charge in [0.05, 0.1) is 6.67 Å². The van der Waals surface area contributed by atoms with Crippen molar-refractivity contribution in [2.75, 3.05) is 11.6 Å². The van der Waals surface area contributed by atoms with E-state index in [1.807, 2.05) is 24.5 Å². The van der Waals surface area contributed by atoms with Crippen LogP contribution in [0.5, 0.6) is 0 Å². The highest BCUT2D eigenvalue weighted by Crippen LogP contribution is 2.12. The number of anilines is 1. The van der Waals surface area contributed by atoms with E-state index in [4.69, 9.17) is 0 Å². The first-order valence-electron chi connectivity index (χ1n) is 3.53. The van der Waals surface area contributed by atoms with E-state index in [0.717, 1.165) is 6.67 Å². The lowest BCUT2D eigenvalue weighted by molar-refractivity contribution is 0.900. The van der Waals surface area contributed by atoms with E-state index < -0.39 is 0 Å². The highest BCUT2D eigenvalue weighted by molar-refractivity contribution is 5.48. The van der Waals surface area contributed by atoms with Gasteiger partial charge in [-0.1, -0.05) is 0 Å². The van der Waals surface area contributed by atoms with Crippen LogP contribution in [0.4, 0.5) is 5.69 Å². The average Bonchev–Trinajstić information content (AvgIpc) is 2.58. The third kappa shape index (κ3) is 1.17. The number of aromatic nitrogens is 1. The maximum atomic E-state index is 3.95. The quantitative estimate of drug-likeness (QED) is 0.640. The molecule has 1 aliphatic heterocycles. The lowest BCUT2D eigenvalue weighted by atomic mass is 10.4. The standard InChI is InChI=1S/C8H9N3/c1-3-9-4-2-8(1)11-6-5-10-7-11/h1-6,10H,7H2. The van der Waals surface area contributed by atoms with E-state index in [1.54, 1.807) is 12.4 Å². The molecule has 1 N–H and O–H groups in total. The van der Waals surface area contributed by atoms with E-state index in [9.17, 15) is 0 Å². The van der Waals surface area contributed by atoms with Gasteiger partial charge in [-0.25, -0.2) is 0 Å². The van der Waals surface area contributed by atoms with Crippen LogP contribution in [0.3, 0.4) is 0 Å². The predicted molar refractivity (Wildman–Crippen MR) is 43.9 cm³/mol. The first-order chi connectivity index (χ1) is 5.47. The predicted octanol–water partition coefficient (Wildman–Crippen LogP) is 0.920. The Morgan fingerprint density at radius 3 is 2.82 bits per heavy atom. The number of nitrogens with one attached hydrogen (secondary N) is 1. The first kappa shape index (κ1) is 6.22. The van der Waals surface area contributed by atoms with Crippen molar-refractivity contribution in [3.63, 3.8) is 0 Å². The minimum atomic E-state index is 0.851. The molecule has 0 amide bonds. The van der Waals surface area contributed by atoms with Gasteiger partial charge in [-0.05, 0) is 12.1 Å². The molecule has 0 radical (unpaired) electrons. The summed E-state index contributed by atoms with van der Waals surface area (Å²) in [4.78, 5) is 6.06. The van der Waals surface area contributed by atoms with Crippen molar-refractivity contribution < 1.29 is 0 Å². The van der Waals surface area contributed by atoms with Gasteiger partial charge in [0.1, 0.15) is 0 Å². The zero-order valence-electron chi connectivity index (χ0n) is 6.07. The summed E-state index contributed by atoms with van der Waals surface area (Å²) in [5.74, 6) is 0. The Kier molecular flexibility index (Phi) is 1.48. The van der Waals surface area contributed by atoms with Crippen LogP contribution in [-0.4, -0.2) is 11.7 Å². The fraction of sp³-hybridized carbons (Fsp3) is 0.125. The van der Waals surface area contributed by atoms with Crippen LogP contribution in [0.25, 0.3) is 0 Å². The van der Waals surface area contributed by atoms with Gasteiger partial charge in [0.25, 0.3) is 0 Å². The number of nitrogens with zero attached hydrogens (tertiary/aromatic N) is 2. The Labute approximate surface area is 65.4 Å². The van der Waals surface area contributed by atoms with Gasteiger partial charge in [-0.15, -0.1) is 0 Å². The highest BCUT2D eigenvalue weighted by atomic mass is 15.2. The topological polar surface area (TPSA) is 28.2 Å². The molecule has 0 spiro atoms. The molecule has 56 valence electrons. The zero-order chi connectivity index (χ0) is 7.52. The van der Waals surface area contributed by atoms with Crippen LogP contribution < -0.4 is 10.2 Å². The number of hydrogen-bond donors (Lipinski definition) is 1. The third-order valence-corrected chi connectivity index (χ3v) is 1.63. The van der Waals surface area contributed by atoms with E-state index >= 15 is 0 Å². The Balaban J connectivity index is 2.23. The van der Waals surface area contributed by atoms with Crippen LogP contribution in [0, 0.1) is 0 Å². The van der Waals surface area contributed by atoms with Crippen molar-refractivity contribution in [3.8, 4) is 0 Å². The van der Waals surface area contributed by atoms with Gasteiger partial charge >= 0.3 is 0 Å². The zero-order valence-corrected chi connectivity index (χ0v) is 6.07. The SMILES string of the molecule is C1=CN(c2ccncc2)CN1. The molecule has 1 aromatic rings. The van der Waals surface area contributed by atoms with Crippen molar-refractivity contribution in [1.29, 1.82) is 0 Å². The van der Waals surface area contributed by atoms with Crippen molar-refractivity contribution >= 4 is 5.69 Å². The number of pyridine rings is 1. The minimum Gasteiger partial charge on any atom is -0.372 e. The molecule has 1 aliphatic rings. The Bertz CT molecular complexity index is 255. The minimum absolute atomic E-state index is 0.851. The summed E-state index contributed by atoms with van der Waals surface area (Å²) < 4.78 is 0. The average molecular weight is 147 g/mol. The third-order valence-electron chi connectivity index (χ3n) is 1.63. The van der Waals surface area contributed by atoms with Crippen molar-refractivity contribution in [3.05, 3.63) is 36.9 Å². The van der Waals surface area contributed by atoms with Gasteiger partial charge in [0, 0.05) is 30.5 Å². The summed E-state index contributed by atoms with van der Waals surface area (Å²) in [6, 6.07) is 3.97. The largest absolute Gasteiger partial charge is 0.372 e. The molecule has 0 bridgehead atoms. The van der Waals surface area contributed by atoms with Crippen molar-refractivity contribution in [2.45, 2.75) is 0 Å². The molecule has 3 nitrogen and oxygen atoms in total. The molecule has 0 atom stereocenters. The summed E-state index contributed by atoms with van der Waals surface area (Å²) in [6.07, 6.45) is 7.53. The molecule has 0 saturated heterocycles. The van der Waals surface area contributed by atoms with E-state index in [1.165, 1.54) is 5.69 Å². The van der Waals surface area contributed by atoms with Gasteiger partial charge < -0.3 is 10.2 Å². The van der Waals surface area contributed by atoms with Crippen LogP contribution in [-0.2, 0) is 0 Å². The Morgan fingerprint density at radius 2 is 2.18 bits per heavy atom. The fourth-order valence-electron chi connectivity index (χ4n) is 1.06. The summed E-state index contributed by atoms with van der Waals surface area (Å²) in [5, 5.41) is 3.10. The second-order valence-electron chi connectivity index (χ2n) is 2.35. The fourth-order valence-corrected chi connectivity index (χ4v) is 1.06. The van der Waals surface area contributed by atoms with Gasteiger partial charge in [0.2, 0.25) is 0 Å². The van der Waals surface area contributed by atoms with Crippen LogP contribution >= 0.6 is 0 Å². The number of hydrogen-bond acceptors (Lipinski definition) is 3. The lowest BCUT2D eigenvalue weighted by Gasteiger charge is -2.13. The molecule has 0 aromatic carbocycles. The normalized spacial score (nSPS) is 15.1. The molecule has 2 heterocycles. The molecule has 1 aromatic heterocycles. The van der Waals surface area contributed by atoms with Crippen molar-refractivity contribution in [2.24, 2.45) is 0 Å². The molecule has 0 unspecified atom stereocenters. The van der Waals surface area contributed by atoms with E-state index in [-0.39, 0.29) is 0 Å². The van der Waals surface area contributed by atoms with Crippen molar-refractivity contribution in [1.82, 2.24) is 10.3 Å². The maximum absolute atomic E-state index is 3.95. The molecule has 0 aliphatic carbocycles. The first-order valence-corrected chi connectivity index (χ1v) is 3.53. The highest BCUT2D eigenvalue weighted by Gasteiger charge is 2.03. The van der Waals surface area contributed by atoms with Crippen LogP contribution in [0.15, 0.2) is 36.9 Å². The van der Waals surface area contributed by atoms with E-state index in [0.29, 0.717) is 0 Å². The molecule has 2 rings (SSSR count). The second-order valence-corrected chi connectivity index (χ2v) is 2.35. The van der Waals surface area contributed by atoms with E-state index in [2.05, 4.69) is 15.2 Å². The number of rotatable bonds is 1.